The van der Waals surface area contributed by atoms with Crippen molar-refractivity contribution >= 4 is 17.4 Å². The van der Waals surface area contributed by atoms with Crippen molar-refractivity contribution in [3.8, 4) is 5.75 Å². The molecule has 2 aromatic rings. The molecule has 0 amide bonds. The van der Waals surface area contributed by atoms with E-state index in [0.717, 1.165) is 6.07 Å². The molecule has 0 radical (unpaired) electrons. The number of non-ortho nitro benzene ring substituents is 1. The molecule has 7 nitrogen and oxygen atoms in total. The van der Waals surface area contributed by atoms with Gasteiger partial charge in [-0.2, -0.15) is 0 Å². The van der Waals surface area contributed by atoms with Gasteiger partial charge in [-0.05, 0) is 24.3 Å². The summed E-state index contributed by atoms with van der Waals surface area (Å²) >= 11 is 0. The van der Waals surface area contributed by atoms with Crippen LogP contribution in [0, 0.1) is 15.9 Å². The Morgan fingerprint density at radius 3 is 2.33 bits per heavy atom. The number of nitro benzene ring substituents is 1. The molecule has 0 aromatic heterocycles. The predicted octanol–water partition coefficient (Wildman–Crippen LogP) is 2.54. The fourth-order valence-electron chi connectivity index (χ4n) is 1.76. The fraction of sp³-hybridized carbons (Fsp3) is 0.125. The summed E-state index contributed by atoms with van der Waals surface area (Å²) in [5, 5.41) is 10.5. The zero-order valence-electron chi connectivity index (χ0n) is 12.3. The molecule has 24 heavy (non-hydrogen) atoms. The largest absolute Gasteiger partial charge is 0.482 e. The minimum Gasteiger partial charge on any atom is -0.482 e. The Labute approximate surface area is 135 Å². The smallest absolute Gasteiger partial charge is 0.344 e. The second-order valence-electron chi connectivity index (χ2n) is 4.60. The number of carbonyl (C=O) groups excluding carboxylic acids is 2. The highest BCUT2D eigenvalue weighted by molar-refractivity contribution is 5.98. The summed E-state index contributed by atoms with van der Waals surface area (Å²) in [5.41, 5.74) is -0.276. The molecular weight excluding hydrogens is 321 g/mol. The molecule has 0 aliphatic rings. The average Bonchev–Trinajstić information content (AvgIpc) is 2.58. The van der Waals surface area contributed by atoms with Gasteiger partial charge >= 0.3 is 5.97 Å². The van der Waals surface area contributed by atoms with Crippen LogP contribution in [0.15, 0.2) is 48.5 Å². The number of Topliss-reactive ketones (excluding diaryl/α,β-unsaturated/α-hetero) is 1. The van der Waals surface area contributed by atoms with E-state index in [1.807, 2.05) is 0 Å². The first-order chi connectivity index (χ1) is 11.5. The van der Waals surface area contributed by atoms with Gasteiger partial charge in [-0.3, -0.25) is 14.9 Å². The van der Waals surface area contributed by atoms with Crippen LogP contribution in [0.5, 0.6) is 5.75 Å². The number of nitrogens with zero attached hydrogens (tertiary/aromatic N) is 1. The second-order valence-corrected chi connectivity index (χ2v) is 4.60. The van der Waals surface area contributed by atoms with Gasteiger partial charge in [0.1, 0.15) is 11.6 Å². The van der Waals surface area contributed by atoms with E-state index in [9.17, 15) is 24.1 Å². The number of ether oxygens (including phenoxy) is 2. The van der Waals surface area contributed by atoms with Crippen molar-refractivity contribution in [2.75, 3.05) is 13.2 Å². The summed E-state index contributed by atoms with van der Waals surface area (Å²) in [5.74, 6) is -1.95. The number of carbonyl (C=O) groups is 2. The molecule has 0 unspecified atom stereocenters. The highest BCUT2D eigenvalue weighted by Crippen LogP contribution is 2.17. The number of benzene rings is 2. The molecule has 8 heteroatoms. The van der Waals surface area contributed by atoms with Crippen LogP contribution in [0.2, 0.25) is 0 Å². The van der Waals surface area contributed by atoms with Gasteiger partial charge in [0.25, 0.3) is 5.69 Å². The molecule has 0 fully saturated rings. The highest BCUT2D eigenvalue weighted by atomic mass is 19.1. The molecule has 0 aliphatic carbocycles. The third kappa shape index (κ3) is 4.60. The first-order valence-electron chi connectivity index (χ1n) is 6.78. The summed E-state index contributed by atoms with van der Waals surface area (Å²) < 4.78 is 23.2. The van der Waals surface area contributed by atoms with Gasteiger partial charge in [0.05, 0.1) is 10.5 Å². The van der Waals surface area contributed by atoms with Crippen LogP contribution in [-0.4, -0.2) is 29.9 Å². The van der Waals surface area contributed by atoms with Crippen molar-refractivity contribution in [2.45, 2.75) is 0 Å². The molecule has 0 aliphatic heterocycles. The summed E-state index contributed by atoms with van der Waals surface area (Å²) in [7, 11) is 0. The van der Waals surface area contributed by atoms with Gasteiger partial charge < -0.3 is 9.47 Å². The van der Waals surface area contributed by atoms with E-state index < -0.39 is 35.7 Å². The molecule has 0 saturated carbocycles. The number of hydrogen-bond donors (Lipinski definition) is 0. The number of nitro groups is 1. The Morgan fingerprint density at radius 1 is 1.04 bits per heavy atom. The normalized spacial score (nSPS) is 10.0. The molecular formula is C16H12FNO6. The average molecular weight is 333 g/mol. The van der Waals surface area contributed by atoms with E-state index in [-0.39, 0.29) is 17.0 Å². The number of hydrogen-bond acceptors (Lipinski definition) is 6. The van der Waals surface area contributed by atoms with Crippen LogP contribution in [0.4, 0.5) is 10.1 Å². The maximum absolute atomic E-state index is 13.4. The van der Waals surface area contributed by atoms with Crippen molar-refractivity contribution in [3.63, 3.8) is 0 Å². The van der Waals surface area contributed by atoms with Crippen molar-refractivity contribution < 1.29 is 28.4 Å². The lowest BCUT2D eigenvalue weighted by atomic mass is 10.1. The molecule has 2 rings (SSSR count). The van der Waals surface area contributed by atoms with Gasteiger partial charge in [-0.15, -0.1) is 0 Å². The molecule has 0 spiro atoms. The van der Waals surface area contributed by atoms with Crippen LogP contribution in [0.25, 0.3) is 0 Å². The fourth-order valence-corrected chi connectivity index (χ4v) is 1.76. The molecule has 124 valence electrons. The third-order valence-corrected chi connectivity index (χ3v) is 2.94. The van der Waals surface area contributed by atoms with Crippen LogP contribution in [-0.2, 0) is 9.53 Å². The number of halogens is 1. The Hall–Kier alpha value is -3.29. The molecule has 2 aromatic carbocycles. The van der Waals surface area contributed by atoms with Gasteiger partial charge in [0.15, 0.2) is 13.2 Å². The summed E-state index contributed by atoms with van der Waals surface area (Å²) in [4.78, 5) is 33.2. The molecule has 0 atom stereocenters. The van der Waals surface area contributed by atoms with Crippen molar-refractivity contribution in [3.05, 3.63) is 70.0 Å². The van der Waals surface area contributed by atoms with Crippen molar-refractivity contribution in [1.29, 1.82) is 0 Å². The van der Waals surface area contributed by atoms with Gasteiger partial charge in [0, 0.05) is 12.1 Å². The molecule has 0 bridgehead atoms. The third-order valence-electron chi connectivity index (χ3n) is 2.94. The lowest BCUT2D eigenvalue weighted by molar-refractivity contribution is -0.384. The van der Waals surface area contributed by atoms with E-state index in [1.165, 1.54) is 42.5 Å². The Morgan fingerprint density at radius 2 is 1.71 bits per heavy atom. The highest BCUT2D eigenvalue weighted by Gasteiger charge is 2.14. The number of esters is 1. The zero-order valence-corrected chi connectivity index (χ0v) is 12.3. The van der Waals surface area contributed by atoms with Gasteiger partial charge in [-0.1, -0.05) is 12.1 Å². The lowest BCUT2D eigenvalue weighted by Gasteiger charge is -2.07. The zero-order chi connectivity index (χ0) is 17.5. The topological polar surface area (TPSA) is 95.7 Å². The maximum Gasteiger partial charge on any atom is 0.344 e. The van der Waals surface area contributed by atoms with E-state index in [2.05, 4.69) is 0 Å². The van der Waals surface area contributed by atoms with Crippen molar-refractivity contribution in [1.82, 2.24) is 0 Å². The van der Waals surface area contributed by atoms with Crippen molar-refractivity contribution in [2.24, 2.45) is 0 Å². The van der Waals surface area contributed by atoms with E-state index in [0.29, 0.717) is 0 Å². The monoisotopic (exact) mass is 333 g/mol. The molecule has 0 N–H and O–H groups in total. The van der Waals surface area contributed by atoms with Crippen LogP contribution in [0.1, 0.15) is 10.4 Å². The quantitative estimate of drug-likeness (QED) is 0.334. The van der Waals surface area contributed by atoms with Gasteiger partial charge in [-0.25, -0.2) is 9.18 Å². The SMILES string of the molecule is O=C(COc1ccc([N+](=O)[O-])cc1)OCC(=O)c1ccccc1F. The first kappa shape index (κ1) is 17.1. The minimum atomic E-state index is -0.821. The first-order valence-corrected chi connectivity index (χ1v) is 6.78. The Balaban J connectivity index is 1.80. The Kier molecular flexibility index (Phi) is 5.56. The maximum atomic E-state index is 13.4. The van der Waals surface area contributed by atoms with Crippen LogP contribution in [0.3, 0.4) is 0 Å². The minimum absolute atomic E-state index is 0.111. The summed E-state index contributed by atoms with van der Waals surface area (Å²) in [6, 6.07) is 10.5. The summed E-state index contributed by atoms with van der Waals surface area (Å²) in [6.45, 7) is -1.09. The summed E-state index contributed by atoms with van der Waals surface area (Å²) in [6.07, 6.45) is 0. The van der Waals surface area contributed by atoms with E-state index in [4.69, 9.17) is 9.47 Å². The molecule has 0 saturated heterocycles. The second kappa shape index (κ2) is 7.82. The molecule has 0 heterocycles. The standard InChI is InChI=1S/C16H12FNO6/c17-14-4-2-1-3-13(14)15(19)9-24-16(20)10-23-12-7-5-11(6-8-12)18(21)22/h1-8H,9-10H2. The van der Waals surface area contributed by atoms with E-state index in [1.54, 1.807) is 0 Å². The van der Waals surface area contributed by atoms with E-state index >= 15 is 0 Å². The predicted molar refractivity (Wildman–Crippen MR) is 80.3 cm³/mol. The van der Waals surface area contributed by atoms with Crippen LogP contribution >= 0.6 is 0 Å². The lowest BCUT2D eigenvalue weighted by Crippen LogP contribution is -2.20. The Bertz CT molecular complexity index is 759. The van der Waals surface area contributed by atoms with Crippen LogP contribution < -0.4 is 4.74 Å². The number of ketones is 1. The number of rotatable bonds is 7. The van der Waals surface area contributed by atoms with Gasteiger partial charge in [0.2, 0.25) is 5.78 Å².